The Balaban J connectivity index is 2.55. The number of aryl methyl sites for hydroxylation is 1. The van der Waals surface area contributed by atoms with Crippen LogP contribution in [0.2, 0.25) is 0 Å². The lowest BCUT2D eigenvalue weighted by Crippen LogP contribution is -2.19. The second-order valence-electron chi connectivity index (χ2n) is 4.91. The van der Waals surface area contributed by atoms with Crippen molar-refractivity contribution in [2.45, 2.75) is 26.9 Å². The number of anilines is 2. The summed E-state index contributed by atoms with van der Waals surface area (Å²) in [4.78, 5) is 2.09. The van der Waals surface area contributed by atoms with E-state index in [0.29, 0.717) is 5.56 Å². The highest BCUT2D eigenvalue weighted by molar-refractivity contribution is 5.69. The number of halogens is 1. The topological polar surface area (TPSA) is 23.5 Å². The first kappa shape index (κ1) is 14.5. The molecule has 0 fully saturated rings. The van der Waals surface area contributed by atoms with Crippen molar-refractivity contribution in [3.05, 3.63) is 59.4 Å². The first-order valence-corrected chi connectivity index (χ1v) is 6.85. The molecule has 2 rings (SSSR count). The maximum Gasteiger partial charge on any atom is 0.123 e. The molecule has 0 radical (unpaired) electrons. The molecule has 0 saturated heterocycles. The van der Waals surface area contributed by atoms with Gasteiger partial charge in [0.15, 0.2) is 0 Å². The standard InChI is InChI=1S/C17H20FNO/c1-4-19(16-8-6-5-7-12(16)2)17-10-9-14(18)11-15(17)13(3)20/h5-11,13,20H,4H2,1-3H3/t13-/m1/s1. The van der Waals surface area contributed by atoms with E-state index in [0.717, 1.165) is 23.5 Å². The quantitative estimate of drug-likeness (QED) is 0.895. The van der Waals surface area contributed by atoms with Gasteiger partial charge in [0, 0.05) is 23.5 Å². The average Bonchev–Trinajstić information content (AvgIpc) is 2.42. The smallest absolute Gasteiger partial charge is 0.123 e. The lowest BCUT2D eigenvalue weighted by molar-refractivity contribution is 0.199. The van der Waals surface area contributed by atoms with Gasteiger partial charge in [-0.3, -0.25) is 0 Å². The Labute approximate surface area is 119 Å². The molecule has 0 bridgehead atoms. The van der Waals surface area contributed by atoms with Gasteiger partial charge < -0.3 is 10.0 Å². The first-order chi connectivity index (χ1) is 9.54. The Bertz CT molecular complexity index is 595. The predicted molar refractivity (Wildman–Crippen MR) is 80.9 cm³/mol. The van der Waals surface area contributed by atoms with Gasteiger partial charge in [-0.1, -0.05) is 18.2 Å². The molecule has 0 aromatic heterocycles. The number of aliphatic hydroxyl groups excluding tert-OH is 1. The zero-order chi connectivity index (χ0) is 14.7. The molecule has 20 heavy (non-hydrogen) atoms. The van der Waals surface area contributed by atoms with Crippen LogP contribution in [-0.4, -0.2) is 11.7 Å². The maximum absolute atomic E-state index is 13.4. The summed E-state index contributed by atoms with van der Waals surface area (Å²) < 4.78 is 13.4. The fourth-order valence-electron chi connectivity index (χ4n) is 2.44. The Morgan fingerprint density at radius 3 is 2.45 bits per heavy atom. The maximum atomic E-state index is 13.4. The van der Waals surface area contributed by atoms with Gasteiger partial charge in [0.05, 0.1) is 6.10 Å². The Hall–Kier alpha value is -1.87. The van der Waals surface area contributed by atoms with Gasteiger partial charge in [0.25, 0.3) is 0 Å². The molecule has 0 saturated carbocycles. The zero-order valence-electron chi connectivity index (χ0n) is 12.1. The van der Waals surface area contributed by atoms with Crippen molar-refractivity contribution >= 4 is 11.4 Å². The molecule has 0 unspecified atom stereocenters. The number of hydrogen-bond acceptors (Lipinski definition) is 2. The molecular weight excluding hydrogens is 253 g/mol. The van der Waals surface area contributed by atoms with Crippen LogP contribution in [0.3, 0.4) is 0 Å². The highest BCUT2D eigenvalue weighted by Crippen LogP contribution is 2.33. The number of hydrogen-bond donors (Lipinski definition) is 1. The largest absolute Gasteiger partial charge is 0.389 e. The van der Waals surface area contributed by atoms with Crippen LogP contribution in [0.4, 0.5) is 15.8 Å². The number of benzene rings is 2. The van der Waals surface area contributed by atoms with Gasteiger partial charge in [-0.15, -0.1) is 0 Å². The number of aliphatic hydroxyl groups is 1. The summed E-state index contributed by atoms with van der Waals surface area (Å²) in [5.74, 6) is -0.328. The average molecular weight is 273 g/mol. The molecule has 1 atom stereocenters. The molecule has 2 aromatic carbocycles. The van der Waals surface area contributed by atoms with Crippen molar-refractivity contribution < 1.29 is 9.50 Å². The second kappa shape index (κ2) is 6.06. The highest BCUT2D eigenvalue weighted by atomic mass is 19.1. The van der Waals surface area contributed by atoms with Crippen molar-refractivity contribution in [2.75, 3.05) is 11.4 Å². The zero-order valence-corrected chi connectivity index (χ0v) is 12.1. The van der Waals surface area contributed by atoms with Gasteiger partial charge in [0.1, 0.15) is 5.82 Å². The van der Waals surface area contributed by atoms with Gasteiger partial charge in [0.2, 0.25) is 0 Å². The van der Waals surface area contributed by atoms with Gasteiger partial charge in [-0.2, -0.15) is 0 Å². The van der Waals surface area contributed by atoms with Gasteiger partial charge in [-0.05, 0) is 50.6 Å². The van der Waals surface area contributed by atoms with E-state index in [-0.39, 0.29) is 5.82 Å². The molecule has 0 aliphatic heterocycles. The van der Waals surface area contributed by atoms with Gasteiger partial charge >= 0.3 is 0 Å². The van der Waals surface area contributed by atoms with Crippen LogP contribution >= 0.6 is 0 Å². The van der Waals surface area contributed by atoms with Crippen molar-refractivity contribution in [1.82, 2.24) is 0 Å². The molecule has 1 N–H and O–H groups in total. The fourth-order valence-corrected chi connectivity index (χ4v) is 2.44. The third-order valence-electron chi connectivity index (χ3n) is 3.45. The van der Waals surface area contributed by atoms with Crippen molar-refractivity contribution in [1.29, 1.82) is 0 Å². The van der Waals surface area contributed by atoms with Crippen LogP contribution < -0.4 is 4.90 Å². The second-order valence-corrected chi connectivity index (χ2v) is 4.91. The third-order valence-corrected chi connectivity index (χ3v) is 3.45. The van der Waals surface area contributed by atoms with Crippen LogP contribution in [0.1, 0.15) is 31.1 Å². The first-order valence-electron chi connectivity index (χ1n) is 6.85. The third kappa shape index (κ3) is 2.83. The van der Waals surface area contributed by atoms with E-state index < -0.39 is 6.10 Å². The van der Waals surface area contributed by atoms with Gasteiger partial charge in [-0.25, -0.2) is 4.39 Å². The van der Waals surface area contributed by atoms with E-state index in [9.17, 15) is 9.50 Å². The highest BCUT2D eigenvalue weighted by Gasteiger charge is 2.16. The molecule has 0 spiro atoms. The van der Waals surface area contributed by atoms with E-state index in [4.69, 9.17) is 0 Å². The summed E-state index contributed by atoms with van der Waals surface area (Å²) in [6.07, 6.45) is -0.709. The molecule has 106 valence electrons. The molecule has 3 heteroatoms. The Kier molecular flexibility index (Phi) is 4.40. The predicted octanol–water partition coefficient (Wildman–Crippen LogP) is 4.35. The lowest BCUT2D eigenvalue weighted by atomic mass is 10.1. The minimum atomic E-state index is -0.709. The molecule has 0 aliphatic rings. The molecule has 2 aromatic rings. The van der Waals surface area contributed by atoms with Crippen LogP contribution in [0, 0.1) is 12.7 Å². The van der Waals surface area contributed by atoms with Crippen molar-refractivity contribution in [2.24, 2.45) is 0 Å². The molecule has 2 nitrogen and oxygen atoms in total. The minimum Gasteiger partial charge on any atom is -0.389 e. The summed E-state index contributed by atoms with van der Waals surface area (Å²) in [5, 5.41) is 9.90. The molecule has 0 amide bonds. The minimum absolute atomic E-state index is 0.328. The van der Waals surface area contributed by atoms with Crippen molar-refractivity contribution in [3.63, 3.8) is 0 Å². The van der Waals surface area contributed by atoms with E-state index in [1.54, 1.807) is 13.0 Å². The van der Waals surface area contributed by atoms with E-state index in [1.807, 2.05) is 38.1 Å². The molecule has 0 aliphatic carbocycles. The Morgan fingerprint density at radius 1 is 1.15 bits per heavy atom. The van der Waals surface area contributed by atoms with Crippen LogP contribution in [0.5, 0.6) is 0 Å². The lowest BCUT2D eigenvalue weighted by Gasteiger charge is -2.28. The fraction of sp³-hybridized carbons (Fsp3) is 0.294. The van der Waals surface area contributed by atoms with E-state index in [1.165, 1.54) is 12.1 Å². The monoisotopic (exact) mass is 273 g/mol. The molecular formula is C17H20FNO. The summed E-state index contributed by atoms with van der Waals surface area (Å²) in [7, 11) is 0. The number of nitrogens with zero attached hydrogens (tertiary/aromatic N) is 1. The summed E-state index contributed by atoms with van der Waals surface area (Å²) in [6.45, 7) is 6.49. The summed E-state index contributed by atoms with van der Waals surface area (Å²) >= 11 is 0. The van der Waals surface area contributed by atoms with Crippen LogP contribution in [0.15, 0.2) is 42.5 Å². The van der Waals surface area contributed by atoms with E-state index >= 15 is 0 Å². The Morgan fingerprint density at radius 2 is 1.85 bits per heavy atom. The normalized spacial score (nSPS) is 12.2. The summed E-state index contributed by atoms with van der Waals surface area (Å²) in [6, 6.07) is 12.6. The van der Waals surface area contributed by atoms with Crippen molar-refractivity contribution in [3.8, 4) is 0 Å². The van der Waals surface area contributed by atoms with E-state index in [2.05, 4.69) is 4.90 Å². The van der Waals surface area contributed by atoms with Crippen LogP contribution in [-0.2, 0) is 0 Å². The number of para-hydroxylation sites is 1. The SMILES string of the molecule is CCN(c1ccccc1C)c1ccc(F)cc1[C@@H](C)O. The van der Waals surface area contributed by atoms with Crippen LogP contribution in [0.25, 0.3) is 0 Å². The summed E-state index contributed by atoms with van der Waals surface area (Å²) in [5.41, 5.74) is 3.67. The number of rotatable bonds is 4. The molecule has 0 heterocycles.